The Bertz CT molecular complexity index is 1040. The molecule has 1 amide bonds. The fourth-order valence-electron chi connectivity index (χ4n) is 6.68. The Morgan fingerprint density at radius 2 is 1.72 bits per heavy atom. The molecular formula is C24H25FN2OS. The van der Waals surface area contributed by atoms with Gasteiger partial charge in [0.1, 0.15) is 11.5 Å². The molecule has 3 nitrogen and oxygen atoms in total. The minimum Gasteiger partial charge on any atom is -0.345 e. The molecule has 1 aromatic carbocycles. The largest absolute Gasteiger partial charge is 0.345 e. The quantitative estimate of drug-likeness (QED) is 0.600. The van der Waals surface area contributed by atoms with E-state index in [0.717, 1.165) is 58.5 Å². The Kier molecular flexibility index (Phi) is 3.92. The van der Waals surface area contributed by atoms with Crippen molar-refractivity contribution in [2.24, 2.45) is 17.8 Å². The molecule has 4 aliphatic carbocycles. The van der Waals surface area contributed by atoms with Crippen LogP contribution in [0.2, 0.25) is 0 Å². The van der Waals surface area contributed by atoms with E-state index in [0.29, 0.717) is 6.54 Å². The summed E-state index contributed by atoms with van der Waals surface area (Å²) < 4.78 is 16.5. The second-order valence-electron chi connectivity index (χ2n) is 9.56. The molecule has 0 saturated heterocycles. The standard InChI is InChI=1S/C24H25FN2OS/c25-19-3-1-15(2-4-19)14-27-20-5-6-29-22(20)10-21(27)23(28)26-24-11-16-7-17(12-24)9-18(8-16)13-24/h1-6,10,16-18H,7-9,11-14H2,(H,26,28). The molecule has 0 spiro atoms. The summed E-state index contributed by atoms with van der Waals surface area (Å²) in [5.41, 5.74) is 2.81. The Labute approximate surface area is 173 Å². The molecule has 0 atom stereocenters. The van der Waals surface area contributed by atoms with E-state index in [1.165, 1.54) is 31.4 Å². The smallest absolute Gasteiger partial charge is 0.268 e. The van der Waals surface area contributed by atoms with Crippen molar-refractivity contribution >= 4 is 27.5 Å². The third-order valence-corrected chi connectivity index (χ3v) is 8.28. The maximum Gasteiger partial charge on any atom is 0.268 e. The first kappa shape index (κ1) is 17.7. The number of rotatable bonds is 4. The van der Waals surface area contributed by atoms with Gasteiger partial charge in [0.2, 0.25) is 0 Å². The molecule has 7 rings (SSSR count). The Morgan fingerprint density at radius 1 is 1.07 bits per heavy atom. The number of benzene rings is 1. The number of thiophene rings is 1. The van der Waals surface area contributed by atoms with Crippen LogP contribution in [-0.2, 0) is 6.54 Å². The van der Waals surface area contributed by atoms with Gasteiger partial charge in [0.25, 0.3) is 5.91 Å². The van der Waals surface area contributed by atoms with Gasteiger partial charge in [-0.2, -0.15) is 0 Å². The zero-order valence-electron chi connectivity index (χ0n) is 16.4. The average molecular weight is 409 g/mol. The molecule has 4 bridgehead atoms. The normalized spacial score (nSPS) is 30.2. The van der Waals surface area contributed by atoms with Gasteiger partial charge in [0.05, 0.1) is 10.2 Å². The molecule has 4 fully saturated rings. The van der Waals surface area contributed by atoms with Crippen molar-refractivity contribution in [1.82, 2.24) is 9.88 Å². The summed E-state index contributed by atoms with van der Waals surface area (Å²) in [5, 5.41) is 5.57. The van der Waals surface area contributed by atoms with E-state index in [9.17, 15) is 9.18 Å². The van der Waals surface area contributed by atoms with Gasteiger partial charge in [-0.25, -0.2) is 4.39 Å². The van der Waals surface area contributed by atoms with Gasteiger partial charge < -0.3 is 9.88 Å². The highest BCUT2D eigenvalue weighted by atomic mass is 32.1. The molecule has 29 heavy (non-hydrogen) atoms. The minimum absolute atomic E-state index is 0.00420. The van der Waals surface area contributed by atoms with E-state index in [2.05, 4.69) is 21.3 Å². The summed E-state index contributed by atoms with van der Waals surface area (Å²) in [7, 11) is 0. The van der Waals surface area contributed by atoms with E-state index >= 15 is 0 Å². The van der Waals surface area contributed by atoms with Crippen LogP contribution < -0.4 is 5.32 Å². The SMILES string of the molecule is O=C(NC12CC3CC(CC(C3)C1)C2)c1cc2sccc2n1Cc1ccc(F)cc1. The first-order valence-electron chi connectivity index (χ1n) is 10.7. The van der Waals surface area contributed by atoms with Crippen molar-refractivity contribution in [2.75, 3.05) is 0 Å². The molecule has 150 valence electrons. The van der Waals surface area contributed by atoms with E-state index in [-0.39, 0.29) is 17.3 Å². The predicted octanol–water partition coefficient (Wildman–Crippen LogP) is 5.59. The van der Waals surface area contributed by atoms with Crippen molar-refractivity contribution in [1.29, 1.82) is 0 Å². The first-order valence-corrected chi connectivity index (χ1v) is 11.6. The van der Waals surface area contributed by atoms with Crippen LogP contribution in [-0.4, -0.2) is 16.0 Å². The molecule has 4 aliphatic rings. The number of carbonyl (C=O) groups is 1. The monoisotopic (exact) mass is 408 g/mol. The average Bonchev–Trinajstić information content (AvgIpc) is 3.24. The van der Waals surface area contributed by atoms with E-state index in [1.54, 1.807) is 23.5 Å². The van der Waals surface area contributed by atoms with Crippen molar-refractivity contribution in [3.63, 3.8) is 0 Å². The van der Waals surface area contributed by atoms with Crippen LogP contribution in [0, 0.1) is 23.6 Å². The molecular weight excluding hydrogens is 383 g/mol. The lowest BCUT2D eigenvalue weighted by Gasteiger charge is -2.56. The number of hydrogen-bond donors (Lipinski definition) is 1. The molecule has 0 radical (unpaired) electrons. The van der Waals surface area contributed by atoms with Gasteiger partial charge in [-0.15, -0.1) is 11.3 Å². The van der Waals surface area contributed by atoms with Gasteiger partial charge in [-0.1, -0.05) is 12.1 Å². The van der Waals surface area contributed by atoms with Crippen molar-refractivity contribution < 1.29 is 9.18 Å². The van der Waals surface area contributed by atoms with Gasteiger partial charge in [0, 0.05) is 12.1 Å². The zero-order chi connectivity index (χ0) is 19.6. The Hall–Kier alpha value is -2.14. The Morgan fingerprint density at radius 3 is 2.38 bits per heavy atom. The molecule has 3 aromatic rings. The molecule has 2 heterocycles. The van der Waals surface area contributed by atoms with Crippen LogP contribution in [0.25, 0.3) is 10.2 Å². The summed E-state index contributed by atoms with van der Waals surface area (Å²) in [6.07, 6.45) is 7.55. The van der Waals surface area contributed by atoms with Crippen LogP contribution in [0.15, 0.2) is 41.8 Å². The predicted molar refractivity (Wildman–Crippen MR) is 114 cm³/mol. The summed E-state index contributed by atoms with van der Waals surface area (Å²) in [4.78, 5) is 13.5. The van der Waals surface area contributed by atoms with Gasteiger partial charge in [0.15, 0.2) is 0 Å². The van der Waals surface area contributed by atoms with Crippen LogP contribution in [0.3, 0.4) is 0 Å². The number of carbonyl (C=O) groups excluding carboxylic acids is 1. The maximum absolute atomic E-state index is 13.5. The number of fused-ring (bicyclic) bond motifs is 1. The van der Waals surface area contributed by atoms with Crippen molar-refractivity contribution in [2.45, 2.75) is 50.6 Å². The van der Waals surface area contributed by atoms with Gasteiger partial charge >= 0.3 is 0 Å². The third-order valence-electron chi connectivity index (χ3n) is 7.43. The number of nitrogens with one attached hydrogen (secondary N) is 1. The number of nitrogens with zero attached hydrogens (tertiary/aromatic N) is 1. The van der Waals surface area contributed by atoms with E-state index < -0.39 is 0 Å². The fraction of sp³-hybridized carbons (Fsp3) is 0.458. The lowest BCUT2D eigenvalue weighted by Crippen LogP contribution is -2.60. The van der Waals surface area contributed by atoms with Crippen LogP contribution in [0.4, 0.5) is 4.39 Å². The van der Waals surface area contributed by atoms with Crippen molar-refractivity contribution in [3.05, 3.63) is 58.9 Å². The van der Waals surface area contributed by atoms with Crippen LogP contribution >= 0.6 is 11.3 Å². The molecule has 0 unspecified atom stereocenters. The van der Waals surface area contributed by atoms with Gasteiger partial charge in [-0.05, 0) is 91.5 Å². The highest BCUT2D eigenvalue weighted by Gasteiger charge is 2.51. The highest BCUT2D eigenvalue weighted by molar-refractivity contribution is 7.17. The van der Waals surface area contributed by atoms with Crippen molar-refractivity contribution in [3.8, 4) is 0 Å². The van der Waals surface area contributed by atoms with Crippen LogP contribution in [0.5, 0.6) is 0 Å². The van der Waals surface area contributed by atoms with E-state index in [4.69, 9.17) is 0 Å². The fourth-order valence-corrected chi connectivity index (χ4v) is 7.50. The minimum atomic E-state index is -0.235. The number of halogens is 1. The molecule has 5 heteroatoms. The van der Waals surface area contributed by atoms with E-state index in [1.807, 2.05) is 6.07 Å². The van der Waals surface area contributed by atoms with Crippen LogP contribution in [0.1, 0.15) is 54.6 Å². The summed E-state index contributed by atoms with van der Waals surface area (Å²) in [6.45, 7) is 0.574. The van der Waals surface area contributed by atoms with Gasteiger partial charge in [-0.3, -0.25) is 4.79 Å². The lowest BCUT2D eigenvalue weighted by atomic mass is 9.53. The summed E-state index contributed by atoms with van der Waals surface area (Å²) in [5.74, 6) is 2.22. The second-order valence-corrected chi connectivity index (χ2v) is 10.5. The first-order chi connectivity index (χ1) is 14.1. The second kappa shape index (κ2) is 6.43. The number of aromatic nitrogens is 1. The summed E-state index contributed by atoms with van der Waals surface area (Å²) in [6, 6.07) is 10.7. The molecule has 2 aromatic heterocycles. The summed E-state index contributed by atoms with van der Waals surface area (Å²) >= 11 is 1.66. The maximum atomic E-state index is 13.5. The molecule has 4 saturated carbocycles. The topological polar surface area (TPSA) is 34.0 Å². The molecule has 1 N–H and O–H groups in total. The third kappa shape index (κ3) is 3.02. The number of hydrogen-bond acceptors (Lipinski definition) is 2. The lowest BCUT2D eigenvalue weighted by molar-refractivity contribution is -0.0168. The zero-order valence-corrected chi connectivity index (χ0v) is 17.2. The number of amides is 1. The molecule has 0 aliphatic heterocycles. The highest BCUT2D eigenvalue weighted by Crippen LogP contribution is 2.55. The Balaban J connectivity index is 1.32.